The Kier molecular flexibility index (Phi) is 5.73. The summed E-state index contributed by atoms with van der Waals surface area (Å²) in [6.45, 7) is 2.47. The zero-order valence-electron chi connectivity index (χ0n) is 17.1. The van der Waals surface area contributed by atoms with Crippen molar-refractivity contribution in [1.29, 1.82) is 0 Å². The molecular formula is C23H28N4O2S. The Balaban J connectivity index is 1.30. The molecule has 2 atom stereocenters. The number of nitrogens with zero attached hydrogens (tertiary/aromatic N) is 3. The van der Waals surface area contributed by atoms with Crippen LogP contribution < -0.4 is 5.32 Å². The predicted octanol–water partition coefficient (Wildman–Crippen LogP) is 4.80. The maximum atomic E-state index is 12.8. The molecule has 4 heterocycles. The largest absolute Gasteiger partial charge is 0.378 e. The van der Waals surface area contributed by atoms with Crippen LogP contribution in [0.4, 0.5) is 11.6 Å². The van der Waals surface area contributed by atoms with Crippen LogP contribution in [-0.2, 0) is 9.53 Å². The number of rotatable bonds is 6. The van der Waals surface area contributed by atoms with Crippen molar-refractivity contribution in [3.8, 4) is 0 Å². The minimum absolute atomic E-state index is 0.263. The van der Waals surface area contributed by atoms with Gasteiger partial charge in [0, 0.05) is 49.3 Å². The number of benzene rings is 1. The van der Waals surface area contributed by atoms with Crippen LogP contribution in [0.3, 0.4) is 0 Å². The van der Waals surface area contributed by atoms with E-state index in [1.807, 2.05) is 35.2 Å². The Bertz CT molecular complexity index is 993. The average molecular weight is 425 g/mol. The molecule has 0 bridgehead atoms. The Labute approximate surface area is 180 Å². The van der Waals surface area contributed by atoms with Gasteiger partial charge in [-0.3, -0.25) is 9.20 Å². The fourth-order valence-corrected chi connectivity index (χ4v) is 5.50. The van der Waals surface area contributed by atoms with Crippen molar-refractivity contribution < 1.29 is 9.53 Å². The molecule has 6 nitrogen and oxygen atoms in total. The van der Waals surface area contributed by atoms with E-state index >= 15 is 0 Å². The molecule has 2 aliphatic heterocycles. The van der Waals surface area contributed by atoms with Crippen LogP contribution in [0, 0.1) is 0 Å². The number of para-hydroxylation sites is 1. The normalized spacial score (nSPS) is 21.9. The molecule has 2 aliphatic rings. The number of carbonyl (C=O) groups is 1. The van der Waals surface area contributed by atoms with Gasteiger partial charge in [0.1, 0.15) is 4.83 Å². The number of amides is 1. The number of piperidine rings is 1. The van der Waals surface area contributed by atoms with Crippen molar-refractivity contribution in [2.75, 3.05) is 25.0 Å². The Morgan fingerprint density at radius 2 is 2.13 bits per heavy atom. The standard InChI is InChI=1S/C23H28N4O2S/c28-20(11-10-19-9-5-14-29-19)26-12-4-6-17(16-26)21-22-27(13-15-30-22)23(25-21)24-18-7-2-1-3-8-18/h1-3,7-8,13,15,17,19H,4-6,9-12,14,16H2,(H,24,25). The lowest BCUT2D eigenvalue weighted by molar-refractivity contribution is -0.133. The van der Waals surface area contributed by atoms with E-state index in [0.29, 0.717) is 6.42 Å². The third-order valence-electron chi connectivity index (χ3n) is 6.18. The van der Waals surface area contributed by atoms with Crippen molar-refractivity contribution in [1.82, 2.24) is 14.3 Å². The molecule has 158 valence electrons. The van der Waals surface area contributed by atoms with Crippen LogP contribution in [-0.4, -0.2) is 46.0 Å². The van der Waals surface area contributed by atoms with Gasteiger partial charge >= 0.3 is 0 Å². The van der Waals surface area contributed by atoms with Gasteiger partial charge in [-0.25, -0.2) is 4.98 Å². The summed E-state index contributed by atoms with van der Waals surface area (Å²) in [4.78, 5) is 21.0. The van der Waals surface area contributed by atoms with Crippen LogP contribution in [0.5, 0.6) is 0 Å². The van der Waals surface area contributed by atoms with E-state index in [4.69, 9.17) is 9.72 Å². The number of anilines is 2. The minimum Gasteiger partial charge on any atom is -0.378 e. The van der Waals surface area contributed by atoms with Gasteiger partial charge in [-0.1, -0.05) is 18.2 Å². The molecule has 1 aromatic carbocycles. The Hall–Kier alpha value is -2.38. The van der Waals surface area contributed by atoms with Gasteiger partial charge in [0.15, 0.2) is 0 Å². The van der Waals surface area contributed by atoms with E-state index in [1.54, 1.807) is 11.3 Å². The molecule has 0 aliphatic carbocycles. The highest BCUT2D eigenvalue weighted by Gasteiger charge is 2.29. The maximum absolute atomic E-state index is 12.8. The number of thiazole rings is 1. The highest BCUT2D eigenvalue weighted by Crippen LogP contribution is 2.34. The summed E-state index contributed by atoms with van der Waals surface area (Å²) in [7, 11) is 0. The van der Waals surface area contributed by atoms with Gasteiger partial charge in [0.25, 0.3) is 0 Å². The number of hydrogen-bond acceptors (Lipinski definition) is 5. The van der Waals surface area contributed by atoms with E-state index in [9.17, 15) is 4.79 Å². The first-order valence-corrected chi connectivity index (χ1v) is 11.8. The first-order chi connectivity index (χ1) is 14.8. The van der Waals surface area contributed by atoms with Crippen LogP contribution in [0.25, 0.3) is 4.83 Å². The molecule has 0 spiro atoms. The van der Waals surface area contributed by atoms with Gasteiger partial charge in [0.05, 0.1) is 11.8 Å². The lowest BCUT2D eigenvalue weighted by Crippen LogP contribution is -2.39. The smallest absolute Gasteiger partial charge is 0.222 e. The molecule has 7 heteroatoms. The molecule has 3 aromatic rings. The predicted molar refractivity (Wildman–Crippen MR) is 120 cm³/mol. The number of fused-ring (bicyclic) bond motifs is 1. The highest BCUT2D eigenvalue weighted by molar-refractivity contribution is 7.15. The van der Waals surface area contributed by atoms with Crippen molar-refractivity contribution in [2.45, 2.75) is 50.5 Å². The average Bonchev–Trinajstić information content (AvgIpc) is 3.53. The third kappa shape index (κ3) is 4.09. The van der Waals surface area contributed by atoms with Gasteiger partial charge in [0.2, 0.25) is 11.9 Å². The van der Waals surface area contributed by atoms with E-state index in [1.165, 1.54) is 4.83 Å². The summed E-state index contributed by atoms with van der Waals surface area (Å²) in [6.07, 6.45) is 8.11. The van der Waals surface area contributed by atoms with Gasteiger partial charge in [-0.05, 0) is 44.2 Å². The number of imidazole rings is 1. The van der Waals surface area contributed by atoms with Crippen molar-refractivity contribution in [3.63, 3.8) is 0 Å². The number of ether oxygens (including phenoxy) is 1. The quantitative estimate of drug-likeness (QED) is 0.617. The highest BCUT2D eigenvalue weighted by atomic mass is 32.1. The topological polar surface area (TPSA) is 58.9 Å². The first-order valence-electron chi connectivity index (χ1n) is 10.9. The van der Waals surface area contributed by atoms with Crippen LogP contribution in [0.2, 0.25) is 0 Å². The molecule has 1 amide bonds. The second kappa shape index (κ2) is 8.78. The van der Waals surface area contributed by atoms with Crippen molar-refractivity contribution >= 4 is 33.7 Å². The van der Waals surface area contributed by atoms with E-state index < -0.39 is 0 Å². The van der Waals surface area contributed by atoms with Crippen LogP contribution in [0.1, 0.15) is 50.1 Å². The summed E-state index contributed by atoms with van der Waals surface area (Å²) in [6, 6.07) is 10.1. The summed E-state index contributed by atoms with van der Waals surface area (Å²) < 4.78 is 7.81. The molecule has 1 N–H and O–H groups in total. The molecule has 5 rings (SSSR count). The van der Waals surface area contributed by atoms with Gasteiger partial charge in [-0.15, -0.1) is 11.3 Å². The van der Waals surface area contributed by atoms with E-state index in [-0.39, 0.29) is 17.9 Å². The maximum Gasteiger partial charge on any atom is 0.222 e. The minimum atomic E-state index is 0.263. The molecule has 2 unspecified atom stereocenters. The summed E-state index contributed by atoms with van der Waals surface area (Å²) in [5.41, 5.74) is 2.14. The summed E-state index contributed by atoms with van der Waals surface area (Å²) in [5.74, 6) is 1.39. The molecular weight excluding hydrogens is 396 g/mol. The van der Waals surface area contributed by atoms with Crippen molar-refractivity contribution in [2.24, 2.45) is 0 Å². The number of likely N-dealkylation sites (tertiary alicyclic amines) is 1. The molecule has 0 radical (unpaired) electrons. The fraction of sp³-hybridized carbons (Fsp3) is 0.478. The summed E-state index contributed by atoms with van der Waals surface area (Å²) in [5, 5.41) is 5.54. The second-order valence-corrected chi connectivity index (χ2v) is 9.14. The number of nitrogens with one attached hydrogen (secondary N) is 1. The molecule has 30 heavy (non-hydrogen) atoms. The Morgan fingerprint density at radius 3 is 2.97 bits per heavy atom. The first kappa shape index (κ1) is 19.6. The summed E-state index contributed by atoms with van der Waals surface area (Å²) >= 11 is 1.72. The second-order valence-electron chi connectivity index (χ2n) is 8.24. The van der Waals surface area contributed by atoms with Crippen LogP contribution >= 0.6 is 11.3 Å². The third-order valence-corrected chi connectivity index (χ3v) is 7.06. The van der Waals surface area contributed by atoms with Crippen molar-refractivity contribution in [3.05, 3.63) is 47.6 Å². The zero-order chi connectivity index (χ0) is 20.3. The lowest BCUT2D eigenvalue weighted by atomic mass is 9.95. The van der Waals surface area contributed by atoms with Gasteiger partial charge in [-0.2, -0.15) is 0 Å². The fourth-order valence-electron chi connectivity index (χ4n) is 4.59. The van der Waals surface area contributed by atoms with E-state index in [2.05, 4.69) is 21.3 Å². The molecule has 0 saturated carbocycles. The lowest BCUT2D eigenvalue weighted by Gasteiger charge is -2.32. The molecule has 2 saturated heterocycles. The number of hydrogen-bond donors (Lipinski definition) is 1. The van der Waals surface area contributed by atoms with Gasteiger partial charge < -0.3 is 15.0 Å². The molecule has 2 fully saturated rings. The van der Waals surface area contributed by atoms with Crippen LogP contribution in [0.15, 0.2) is 41.9 Å². The SMILES string of the molecule is O=C(CCC1CCCO1)N1CCCC(c2nc(Nc3ccccc3)n3ccsc23)C1. The number of carbonyl (C=O) groups excluding carboxylic acids is 1. The molecule has 2 aromatic heterocycles. The monoisotopic (exact) mass is 424 g/mol. The number of aromatic nitrogens is 2. The Morgan fingerprint density at radius 1 is 1.23 bits per heavy atom. The zero-order valence-corrected chi connectivity index (χ0v) is 17.9. The van der Waals surface area contributed by atoms with E-state index in [0.717, 1.165) is 69.1 Å².